The summed E-state index contributed by atoms with van der Waals surface area (Å²) >= 11 is 0. The number of nitrogens with zero attached hydrogens (tertiary/aromatic N) is 1. The van der Waals surface area contributed by atoms with Crippen molar-refractivity contribution in [1.82, 2.24) is 0 Å². The Morgan fingerprint density at radius 1 is 1.50 bits per heavy atom. The van der Waals surface area contributed by atoms with E-state index in [2.05, 4.69) is 6.92 Å². The van der Waals surface area contributed by atoms with Gasteiger partial charge in [-0.2, -0.15) is 4.73 Å². The molecule has 0 aliphatic rings. The molecule has 0 saturated heterocycles. The van der Waals surface area contributed by atoms with Crippen LogP contribution in [-0.2, 0) is 0 Å². The summed E-state index contributed by atoms with van der Waals surface area (Å²) in [6, 6.07) is 3.47. The predicted molar refractivity (Wildman–Crippen MR) is 53.4 cm³/mol. The van der Waals surface area contributed by atoms with Crippen molar-refractivity contribution in [1.29, 1.82) is 0 Å². The van der Waals surface area contributed by atoms with Gasteiger partial charge in [0.15, 0.2) is 18.6 Å². The molecular weight excluding hydrogens is 180 g/mol. The fraction of sp³-hybridized carbons (Fsp3) is 0.400. The summed E-state index contributed by atoms with van der Waals surface area (Å²) in [5, 5.41) is 22.9. The quantitative estimate of drug-likeness (QED) is 0.313. The van der Waals surface area contributed by atoms with Crippen molar-refractivity contribution in [2.45, 2.75) is 25.7 Å². The highest BCUT2D eigenvalue weighted by Gasteiger charge is 2.10. The van der Waals surface area contributed by atoms with Crippen LogP contribution in [0.4, 0.5) is 0 Å². The number of aromatic nitrogens is 1. The number of pyridine rings is 1. The molecule has 0 radical (unpaired) electrons. The van der Waals surface area contributed by atoms with Crippen molar-refractivity contribution >= 4 is 6.21 Å². The SMILES string of the molecule is CCCC(C=[NH+][O-])c1cc[n+]([O-])cc1. The summed E-state index contributed by atoms with van der Waals surface area (Å²) in [6.07, 6.45) is 6.29. The minimum absolute atomic E-state index is 0.0821. The Labute approximate surface area is 83.1 Å². The number of hydrogen-bond acceptors (Lipinski definition) is 2. The van der Waals surface area contributed by atoms with Gasteiger partial charge in [-0.05, 0) is 12.0 Å². The molecule has 14 heavy (non-hydrogen) atoms. The highest BCUT2D eigenvalue weighted by Crippen LogP contribution is 2.16. The molecule has 0 saturated carbocycles. The van der Waals surface area contributed by atoms with Gasteiger partial charge in [-0.3, -0.25) is 0 Å². The van der Waals surface area contributed by atoms with Gasteiger partial charge in [-0.15, -0.1) is 0 Å². The van der Waals surface area contributed by atoms with E-state index in [-0.39, 0.29) is 5.92 Å². The van der Waals surface area contributed by atoms with Gasteiger partial charge in [-0.25, -0.2) is 5.16 Å². The lowest BCUT2D eigenvalue weighted by Gasteiger charge is -2.07. The Kier molecular flexibility index (Phi) is 3.91. The van der Waals surface area contributed by atoms with Crippen LogP contribution in [0.15, 0.2) is 24.5 Å². The third-order valence-corrected chi connectivity index (χ3v) is 2.12. The van der Waals surface area contributed by atoms with E-state index in [0.717, 1.165) is 23.1 Å². The average Bonchev–Trinajstić information content (AvgIpc) is 2.19. The highest BCUT2D eigenvalue weighted by atomic mass is 16.5. The summed E-state index contributed by atoms with van der Waals surface area (Å²) in [5.41, 5.74) is 0.988. The number of nitrogens with one attached hydrogen (secondary N) is 1. The van der Waals surface area contributed by atoms with Crippen LogP contribution < -0.4 is 9.89 Å². The summed E-state index contributed by atoms with van der Waals surface area (Å²) in [6.45, 7) is 2.06. The third-order valence-electron chi connectivity index (χ3n) is 2.12. The van der Waals surface area contributed by atoms with Crippen LogP contribution in [0.25, 0.3) is 0 Å². The maximum absolute atomic E-state index is 10.8. The molecule has 4 nitrogen and oxygen atoms in total. The summed E-state index contributed by atoms with van der Waals surface area (Å²) in [7, 11) is 0. The van der Waals surface area contributed by atoms with Gasteiger partial charge in [0.05, 0.1) is 5.92 Å². The minimum atomic E-state index is 0.0821. The molecule has 1 rings (SSSR count). The van der Waals surface area contributed by atoms with E-state index in [4.69, 9.17) is 0 Å². The molecule has 0 spiro atoms. The van der Waals surface area contributed by atoms with Gasteiger partial charge >= 0.3 is 0 Å². The number of rotatable bonds is 4. The van der Waals surface area contributed by atoms with E-state index in [9.17, 15) is 10.4 Å². The first-order valence-electron chi connectivity index (χ1n) is 4.67. The van der Waals surface area contributed by atoms with E-state index in [1.165, 1.54) is 18.6 Å². The fourth-order valence-electron chi connectivity index (χ4n) is 1.41. The van der Waals surface area contributed by atoms with Gasteiger partial charge < -0.3 is 10.4 Å². The number of hydrogen-bond donors (Lipinski definition) is 1. The standard InChI is InChI=1S/C10H14N2O2/c1-2-3-10(8-11-13)9-4-6-12(14)7-5-9/h4-8,10-11H,2-3H2,1H3. The van der Waals surface area contributed by atoms with Crippen LogP contribution in [-0.4, -0.2) is 6.21 Å². The molecule has 0 aliphatic carbocycles. The summed E-state index contributed by atoms with van der Waals surface area (Å²) in [4.78, 5) is 0. The minimum Gasteiger partial charge on any atom is -0.626 e. The molecule has 0 fully saturated rings. The zero-order valence-corrected chi connectivity index (χ0v) is 8.14. The first kappa shape index (κ1) is 10.5. The predicted octanol–water partition coefficient (Wildman–Crippen LogP) is -0.147. The van der Waals surface area contributed by atoms with Crippen molar-refractivity contribution in [2.75, 3.05) is 0 Å². The Morgan fingerprint density at radius 3 is 2.64 bits per heavy atom. The van der Waals surface area contributed by atoms with Gasteiger partial charge in [-0.1, -0.05) is 13.3 Å². The molecule has 1 heterocycles. The van der Waals surface area contributed by atoms with Crippen molar-refractivity contribution in [3.05, 3.63) is 40.5 Å². The average molecular weight is 194 g/mol. The topological polar surface area (TPSA) is 64.0 Å². The smallest absolute Gasteiger partial charge is 0.180 e. The van der Waals surface area contributed by atoms with E-state index in [1.54, 1.807) is 17.3 Å². The normalized spacial score (nSPS) is 13.2. The van der Waals surface area contributed by atoms with Crippen molar-refractivity contribution in [3.8, 4) is 0 Å². The second-order valence-corrected chi connectivity index (χ2v) is 3.17. The lowest BCUT2D eigenvalue weighted by molar-refractivity contribution is -0.605. The molecule has 0 aliphatic heterocycles. The monoisotopic (exact) mass is 194 g/mol. The van der Waals surface area contributed by atoms with Gasteiger partial charge in [0.1, 0.15) is 0 Å². The molecule has 1 atom stereocenters. The Bertz CT molecular complexity index is 295. The molecule has 0 amide bonds. The van der Waals surface area contributed by atoms with Crippen LogP contribution in [0.5, 0.6) is 0 Å². The maximum atomic E-state index is 10.8. The second-order valence-electron chi connectivity index (χ2n) is 3.17. The first-order chi connectivity index (χ1) is 6.77. The lowest BCUT2D eigenvalue weighted by Crippen LogP contribution is -2.61. The van der Waals surface area contributed by atoms with Crippen LogP contribution in [0, 0.1) is 10.4 Å². The van der Waals surface area contributed by atoms with Gasteiger partial charge in [0, 0.05) is 12.1 Å². The highest BCUT2D eigenvalue weighted by molar-refractivity contribution is 5.62. The fourth-order valence-corrected chi connectivity index (χ4v) is 1.41. The lowest BCUT2D eigenvalue weighted by atomic mass is 9.97. The largest absolute Gasteiger partial charge is 0.626 e. The summed E-state index contributed by atoms with van der Waals surface area (Å²) in [5.74, 6) is 0.0821. The molecule has 1 aromatic heterocycles. The van der Waals surface area contributed by atoms with Crippen LogP contribution >= 0.6 is 0 Å². The molecular formula is C10H14N2O2. The first-order valence-corrected chi connectivity index (χ1v) is 4.67. The molecule has 0 aromatic carbocycles. The molecule has 1 aromatic rings. The zero-order valence-electron chi connectivity index (χ0n) is 8.14. The van der Waals surface area contributed by atoms with Crippen LogP contribution in [0.1, 0.15) is 31.2 Å². The van der Waals surface area contributed by atoms with E-state index < -0.39 is 0 Å². The van der Waals surface area contributed by atoms with Gasteiger partial charge in [0.25, 0.3) is 0 Å². The molecule has 1 unspecified atom stereocenters. The van der Waals surface area contributed by atoms with E-state index in [1.807, 2.05) is 0 Å². The maximum Gasteiger partial charge on any atom is 0.180 e. The Morgan fingerprint density at radius 2 is 2.14 bits per heavy atom. The molecule has 0 bridgehead atoms. The molecule has 1 N–H and O–H groups in total. The molecule has 4 heteroatoms. The zero-order chi connectivity index (χ0) is 10.4. The Hall–Kier alpha value is -1.58. The van der Waals surface area contributed by atoms with E-state index >= 15 is 0 Å². The molecule has 76 valence electrons. The Balaban J connectivity index is 2.81. The van der Waals surface area contributed by atoms with Crippen molar-refractivity contribution in [3.63, 3.8) is 0 Å². The second kappa shape index (κ2) is 5.21. The van der Waals surface area contributed by atoms with E-state index in [0.29, 0.717) is 0 Å². The van der Waals surface area contributed by atoms with Gasteiger partial charge in [0.2, 0.25) is 0 Å². The van der Waals surface area contributed by atoms with Crippen molar-refractivity contribution < 1.29 is 9.89 Å². The summed E-state index contributed by atoms with van der Waals surface area (Å²) < 4.78 is 0.733. The van der Waals surface area contributed by atoms with Crippen LogP contribution in [0.3, 0.4) is 0 Å². The van der Waals surface area contributed by atoms with Crippen molar-refractivity contribution in [2.24, 2.45) is 0 Å². The van der Waals surface area contributed by atoms with Crippen LogP contribution in [0.2, 0.25) is 0 Å². The third kappa shape index (κ3) is 2.73.